The number of nitrogens with one attached hydrogen (secondary N) is 1. The minimum atomic E-state index is -5.05. The van der Waals surface area contributed by atoms with Gasteiger partial charge in [-0.05, 0) is 19.9 Å². The van der Waals surface area contributed by atoms with E-state index in [1.54, 1.807) is 0 Å². The van der Waals surface area contributed by atoms with Gasteiger partial charge in [-0.1, -0.05) is 0 Å². The molecule has 0 unspecified atom stereocenters. The maximum absolute atomic E-state index is 13.5. The Labute approximate surface area is 135 Å². The first-order chi connectivity index (χ1) is 10.9. The minimum absolute atomic E-state index is 0.0878. The normalized spacial score (nSPS) is 12.4. The SMILES string of the molecule is Cc1n[nH]c(C)c1-c1c(C(F)(F)F)c(O)cc(C=O)c1S(C)(=O)=O. The fourth-order valence-electron chi connectivity index (χ4n) is 2.60. The van der Waals surface area contributed by atoms with Crippen LogP contribution in [0.5, 0.6) is 5.75 Å². The van der Waals surface area contributed by atoms with Gasteiger partial charge < -0.3 is 5.11 Å². The van der Waals surface area contributed by atoms with Crippen LogP contribution in [0.2, 0.25) is 0 Å². The molecule has 2 N–H and O–H groups in total. The molecule has 0 aliphatic carbocycles. The maximum Gasteiger partial charge on any atom is 0.420 e. The van der Waals surface area contributed by atoms with Crippen molar-refractivity contribution < 1.29 is 31.5 Å². The molecule has 0 aliphatic rings. The number of phenolic OH excluding ortho intramolecular Hbond substituents is 1. The largest absolute Gasteiger partial charge is 0.507 e. The molecule has 2 rings (SSSR count). The van der Waals surface area contributed by atoms with Crippen LogP contribution in [0.3, 0.4) is 0 Å². The van der Waals surface area contributed by atoms with Crippen LogP contribution in [0, 0.1) is 13.8 Å². The molecule has 0 aliphatic heterocycles. The zero-order chi connectivity index (χ0) is 18.4. The lowest BCUT2D eigenvalue weighted by Gasteiger charge is -2.19. The molecule has 0 atom stereocenters. The van der Waals surface area contributed by atoms with Gasteiger partial charge >= 0.3 is 6.18 Å². The molecule has 0 amide bonds. The predicted octanol–water partition coefficient (Wildman–Crippen LogP) is 2.63. The number of carbonyl (C=O) groups excluding carboxylic acids is 1. The second-order valence-electron chi connectivity index (χ2n) is 5.26. The summed E-state index contributed by atoms with van der Waals surface area (Å²) >= 11 is 0. The van der Waals surface area contributed by atoms with Gasteiger partial charge in [0, 0.05) is 28.6 Å². The van der Waals surface area contributed by atoms with Crippen LogP contribution in [-0.4, -0.2) is 36.3 Å². The van der Waals surface area contributed by atoms with Crippen LogP contribution in [0.4, 0.5) is 13.2 Å². The van der Waals surface area contributed by atoms with Gasteiger partial charge in [-0.15, -0.1) is 0 Å². The molecule has 0 bridgehead atoms. The summed E-state index contributed by atoms with van der Waals surface area (Å²) in [7, 11) is -4.22. The van der Waals surface area contributed by atoms with Crippen LogP contribution in [0.1, 0.15) is 27.3 Å². The van der Waals surface area contributed by atoms with E-state index in [2.05, 4.69) is 10.2 Å². The smallest absolute Gasteiger partial charge is 0.420 e. The first kappa shape index (κ1) is 18.0. The monoisotopic (exact) mass is 362 g/mol. The first-order valence-corrected chi connectivity index (χ1v) is 8.43. The topological polar surface area (TPSA) is 100 Å². The number of halogens is 3. The van der Waals surface area contributed by atoms with Crippen molar-refractivity contribution >= 4 is 16.1 Å². The molecule has 10 heteroatoms. The van der Waals surface area contributed by atoms with Gasteiger partial charge in [0.05, 0.1) is 10.6 Å². The number of H-pyrrole nitrogens is 1. The van der Waals surface area contributed by atoms with E-state index in [9.17, 15) is 31.5 Å². The highest BCUT2D eigenvalue weighted by molar-refractivity contribution is 7.91. The first-order valence-electron chi connectivity index (χ1n) is 6.54. The quantitative estimate of drug-likeness (QED) is 0.818. The Balaban J connectivity index is 3.20. The lowest BCUT2D eigenvalue weighted by Crippen LogP contribution is -2.14. The molecule has 0 saturated carbocycles. The molecule has 0 fully saturated rings. The summed E-state index contributed by atoms with van der Waals surface area (Å²) in [6, 6.07) is 0.500. The molecule has 130 valence electrons. The van der Waals surface area contributed by atoms with Crippen molar-refractivity contribution in [1.82, 2.24) is 10.2 Å². The number of rotatable bonds is 3. The van der Waals surface area contributed by atoms with Crippen LogP contribution in [0.25, 0.3) is 11.1 Å². The fourth-order valence-corrected chi connectivity index (χ4v) is 3.71. The number of aromatic amines is 1. The Bertz CT molecular complexity index is 911. The number of aryl methyl sites for hydroxylation is 2. The maximum atomic E-state index is 13.5. The molecule has 0 saturated heterocycles. The Morgan fingerprint density at radius 2 is 1.83 bits per heavy atom. The second kappa shape index (κ2) is 5.62. The van der Waals surface area contributed by atoms with Gasteiger partial charge in [0.15, 0.2) is 16.1 Å². The van der Waals surface area contributed by atoms with E-state index in [1.807, 2.05) is 0 Å². The van der Waals surface area contributed by atoms with Gasteiger partial charge in [0.25, 0.3) is 0 Å². The number of hydrogen-bond acceptors (Lipinski definition) is 5. The van der Waals surface area contributed by atoms with Crippen LogP contribution >= 0.6 is 0 Å². The van der Waals surface area contributed by atoms with Gasteiger partial charge in [0.1, 0.15) is 11.3 Å². The number of aromatic nitrogens is 2. The summed E-state index contributed by atoms with van der Waals surface area (Å²) in [5.41, 5.74) is -2.72. The molecule has 0 radical (unpaired) electrons. The lowest BCUT2D eigenvalue weighted by molar-refractivity contribution is -0.138. The van der Waals surface area contributed by atoms with Gasteiger partial charge in [-0.3, -0.25) is 9.89 Å². The predicted molar refractivity (Wildman–Crippen MR) is 78.7 cm³/mol. The summed E-state index contributed by atoms with van der Waals surface area (Å²) in [6.45, 7) is 2.79. The second-order valence-corrected chi connectivity index (χ2v) is 7.21. The van der Waals surface area contributed by atoms with Crippen molar-refractivity contribution in [2.75, 3.05) is 6.26 Å². The molecular formula is C14H13F3N2O4S. The van der Waals surface area contributed by atoms with E-state index in [0.717, 1.165) is 0 Å². The molecule has 1 aromatic heterocycles. The average Bonchev–Trinajstić information content (AvgIpc) is 2.73. The summed E-state index contributed by atoms with van der Waals surface area (Å²) < 4.78 is 64.7. The molecule has 1 heterocycles. The highest BCUT2D eigenvalue weighted by Gasteiger charge is 2.41. The number of phenols is 1. The minimum Gasteiger partial charge on any atom is -0.507 e. The number of hydrogen-bond donors (Lipinski definition) is 2. The summed E-state index contributed by atoms with van der Waals surface area (Å²) in [5.74, 6) is -1.23. The van der Waals surface area contributed by atoms with E-state index in [-0.39, 0.29) is 23.2 Å². The van der Waals surface area contributed by atoms with Crippen molar-refractivity contribution in [1.29, 1.82) is 0 Å². The lowest BCUT2D eigenvalue weighted by atomic mass is 9.94. The average molecular weight is 362 g/mol. The number of benzene rings is 1. The van der Waals surface area contributed by atoms with Gasteiger partial charge in [-0.25, -0.2) is 8.42 Å². The number of sulfone groups is 1. The van der Waals surface area contributed by atoms with E-state index in [1.165, 1.54) is 13.8 Å². The van der Waals surface area contributed by atoms with Crippen molar-refractivity contribution in [2.45, 2.75) is 24.9 Å². The third-order valence-corrected chi connectivity index (χ3v) is 4.63. The van der Waals surface area contributed by atoms with E-state index in [4.69, 9.17) is 0 Å². The fraction of sp³-hybridized carbons (Fsp3) is 0.286. The van der Waals surface area contributed by atoms with Crippen LogP contribution in [0.15, 0.2) is 11.0 Å². The number of aromatic hydroxyl groups is 1. The Kier molecular flexibility index (Phi) is 4.21. The Hall–Kier alpha value is -2.36. The summed E-state index contributed by atoms with van der Waals surface area (Å²) in [5, 5.41) is 16.0. The third-order valence-electron chi connectivity index (χ3n) is 3.45. The molecular weight excluding hydrogens is 349 g/mol. The van der Waals surface area contributed by atoms with Crippen molar-refractivity contribution in [3.8, 4) is 16.9 Å². The van der Waals surface area contributed by atoms with Crippen molar-refractivity contribution in [3.05, 3.63) is 28.6 Å². The zero-order valence-corrected chi connectivity index (χ0v) is 13.6. The van der Waals surface area contributed by atoms with Gasteiger partial charge in [-0.2, -0.15) is 18.3 Å². The molecule has 6 nitrogen and oxygen atoms in total. The Morgan fingerprint density at radius 3 is 2.21 bits per heavy atom. The third kappa shape index (κ3) is 2.88. The summed E-state index contributed by atoms with van der Waals surface area (Å²) in [4.78, 5) is 10.4. The molecule has 0 spiro atoms. The summed E-state index contributed by atoms with van der Waals surface area (Å²) in [6.07, 6.45) is -4.26. The zero-order valence-electron chi connectivity index (χ0n) is 12.8. The number of nitrogens with zero attached hydrogens (tertiary/aromatic N) is 1. The van der Waals surface area contributed by atoms with E-state index in [0.29, 0.717) is 12.3 Å². The molecule has 24 heavy (non-hydrogen) atoms. The number of carbonyl (C=O) groups is 1. The van der Waals surface area contributed by atoms with Crippen molar-refractivity contribution in [2.24, 2.45) is 0 Å². The van der Waals surface area contributed by atoms with E-state index < -0.39 is 43.3 Å². The van der Waals surface area contributed by atoms with Crippen molar-refractivity contribution in [3.63, 3.8) is 0 Å². The molecule has 1 aromatic carbocycles. The van der Waals surface area contributed by atoms with E-state index >= 15 is 0 Å². The number of aldehydes is 1. The van der Waals surface area contributed by atoms with Crippen LogP contribution < -0.4 is 0 Å². The van der Waals surface area contributed by atoms with Crippen LogP contribution in [-0.2, 0) is 16.0 Å². The Morgan fingerprint density at radius 1 is 1.25 bits per heavy atom. The molecule has 2 aromatic rings. The standard InChI is InChI=1S/C14H13F3N2O4S/c1-6-10(7(2)19-18-6)11-12(14(15,16)17)9(21)4-8(5-20)13(11)24(3,22)23/h4-5,21H,1-3H3,(H,18,19). The highest BCUT2D eigenvalue weighted by Crippen LogP contribution is 2.47. The number of alkyl halides is 3. The highest BCUT2D eigenvalue weighted by atomic mass is 32.2. The van der Waals surface area contributed by atoms with Gasteiger partial charge in [0.2, 0.25) is 0 Å².